The minimum absolute atomic E-state index is 0.901. The van der Waals surface area contributed by atoms with Gasteiger partial charge in [0.05, 0.1) is 0 Å². The van der Waals surface area contributed by atoms with Gasteiger partial charge < -0.3 is 19.3 Å². The number of carboxylic acid groups (broad SMARTS) is 1. The number of carboxylic acids is 1. The number of carbonyl (C=O) groups excluding carboxylic acids is 3. The van der Waals surface area contributed by atoms with E-state index in [4.69, 9.17) is 51.5 Å². The maximum Gasteiger partial charge on any atom is 0.367 e. The van der Waals surface area contributed by atoms with Crippen molar-refractivity contribution < 1.29 is 38.5 Å². The first-order chi connectivity index (χ1) is 10.5. The molecule has 0 aromatic heterocycles. The SMILES string of the molecule is CC(OC(=O)C(C)(Cl)OC(=O)C(C)(Cl)Cl)C(=O)OC(C)(Cl)C(=O)O. The van der Waals surface area contributed by atoms with Crippen molar-refractivity contribution >= 4 is 70.3 Å². The van der Waals surface area contributed by atoms with E-state index in [0.717, 1.165) is 27.7 Å². The monoisotopic (exact) mass is 426 g/mol. The lowest BCUT2D eigenvalue weighted by Gasteiger charge is -2.25. The van der Waals surface area contributed by atoms with Crippen molar-refractivity contribution in [2.45, 2.75) is 48.3 Å². The Morgan fingerprint density at radius 1 is 0.875 bits per heavy atom. The first-order valence-electron chi connectivity index (χ1n) is 6.17. The lowest BCUT2D eigenvalue weighted by molar-refractivity contribution is -0.185. The maximum atomic E-state index is 11.9. The summed E-state index contributed by atoms with van der Waals surface area (Å²) in [6, 6.07) is 0. The van der Waals surface area contributed by atoms with Crippen LogP contribution < -0.4 is 0 Å². The molecule has 0 saturated heterocycles. The van der Waals surface area contributed by atoms with Crippen molar-refractivity contribution in [3.05, 3.63) is 0 Å². The topological polar surface area (TPSA) is 116 Å². The van der Waals surface area contributed by atoms with Gasteiger partial charge in [0, 0.05) is 13.8 Å². The van der Waals surface area contributed by atoms with E-state index in [1.807, 2.05) is 0 Å². The molecule has 0 saturated carbocycles. The molecule has 3 unspecified atom stereocenters. The molecule has 0 fully saturated rings. The molecule has 3 atom stereocenters. The van der Waals surface area contributed by atoms with Crippen LogP contribution >= 0.6 is 46.4 Å². The molecule has 0 aliphatic rings. The Morgan fingerprint density at radius 3 is 1.71 bits per heavy atom. The fourth-order valence-corrected chi connectivity index (χ4v) is 1.20. The number of ether oxygens (including phenoxy) is 3. The van der Waals surface area contributed by atoms with E-state index in [0.29, 0.717) is 0 Å². The molecule has 1 N–H and O–H groups in total. The van der Waals surface area contributed by atoms with Crippen molar-refractivity contribution in [2.75, 3.05) is 0 Å². The minimum Gasteiger partial charge on any atom is -0.477 e. The maximum absolute atomic E-state index is 11.9. The third-order valence-corrected chi connectivity index (χ3v) is 3.08. The van der Waals surface area contributed by atoms with Crippen LogP contribution in [0.4, 0.5) is 0 Å². The molecule has 0 bridgehead atoms. The van der Waals surface area contributed by atoms with Crippen molar-refractivity contribution in [3.63, 3.8) is 0 Å². The van der Waals surface area contributed by atoms with E-state index in [2.05, 4.69) is 14.2 Å². The van der Waals surface area contributed by atoms with Crippen LogP contribution in [0.25, 0.3) is 0 Å². The first-order valence-corrected chi connectivity index (χ1v) is 7.68. The molecular weight excluding hydrogens is 414 g/mol. The van der Waals surface area contributed by atoms with E-state index in [1.54, 1.807) is 0 Å². The number of rotatable bonds is 7. The van der Waals surface area contributed by atoms with Crippen LogP contribution in [0.3, 0.4) is 0 Å². The van der Waals surface area contributed by atoms with Gasteiger partial charge in [-0.1, -0.05) is 46.4 Å². The highest BCUT2D eigenvalue weighted by Gasteiger charge is 2.44. The highest BCUT2D eigenvalue weighted by molar-refractivity contribution is 6.57. The Hall–Kier alpha value is -0.960. The van der Waals surface area contributed by atoms with E-state index in [1.165, 1.54) is 0 Å². The Kier molecular flexibility index (Phi) is 7.63. The first kappa shape index (κ1) is 23.0. The molecule has 24 heavy (non-hydrogen) atoms. The van der Waals surface area contributed by atoms with E-state index in [-0.39, 0.29) is 0 Å². The second-order valence-electron chi connectivity index (χ2n) is 4.89. The summed E-state index contributed by atoms with van der Waals surface area (Å²) < 4.78 is 11.8. The molecule has 0 rings (SSSR count). The van der Waals surface area contributed by atoms with Crippen LogP contribution in [-0.4, -0.2) is 49.5 Å². The number of aliphatic carboxylic acids is 1. The third kappa shape index (κ3) is 6.88. The summed E-state index contributed by atoms with van der Waals surface area (Å²) in [6.45, 7) is 4.01. The molecule has 8 nitrogen and oxygen atoms in total. The van der Waals surface area contributed by atoms with Crippen LogP contribution in [0.2, 0.25) is 0 Å². The summed E-state index contributed by atoms with van der Waals surface area (Å²) in [6.07, 6.45) is -1.59. The lowest BCUT2D eigenvalue weighted by Crippen LogP contribution is -2.44. The van der Waals surface area contributed by atoms with Gasteiger partial charge in [-0.2, -0.15) is 0 Å². The number of alkyl halides is 4. The molecule has 12 heteroatoms. The largest absolute Gasteiger partial charge is 0.477 e. The van der Waals surface area contributed by atoms with E-state index < -0.39 is 44.4 Å². The molecule has 0 amide bonds. The Bertz CT molecular complexity index is 538. The number of carbonyl (C=O) groups is 4. The van der Waals surface area contributed by atoms with E-state index >= 15 is 0 Å². The highest BCUT2D eigenvalue weighted by atomic mass is 35.5. The van der Waals surface area contributed by atoms with Gasteiger partial charge in [-0.05, 0) is 13.8 Å². The molecule has 0 heterocycles. The Balaban J connectivity index is 4.88. The van der Waals surface area contributed by atoms with Crippen LogP contribution in [-0.2, 0) is 33.4 Å². The standard InChI is InChI=1S/C12H14Cl4O8/c1-5(6(17)23-11(3,15)7(18)19)22-9(21)12(4,16)24-8(20)10(2,13)14/h5H,1-4H3,(H,18,19). The molecular formula is C12H14Cl4O8. The number of halogens is 4. The third-order valence-electron chi connectivity index (χ3n) is 2.30. The normalized spacial score (nSPS) is 17.7. The van der Waals surface area contributed by atoms with Crippen molar-refractivity contribution in [1.29, 1.82) is 0 Å². The average Bonchev–Trinajstić information content (AvgIpc) is 2.35. The van der Waals surface area contributed by atoms with Gasteiger partial charge in [0.15, 0.2) is 6.10 Å². The molecule has 0 aliphatic carbocycles. The molecule has 0 spiro atoms. The molecule has 0 aliphatic heterocycles. The zero-order valence-electron chi connectivity index (χ0n) is 12.9. The quantitative estimate of drug-likeness (QED) is 0.373. The van der Waals surface area contributed by atoms with Crippen molar-refractivity contribution in [3.8, 4) is 0 Å². The summed E-state index contributed by atoms with van der Waals surface area (Å²) in [4.78, 5) is 45.8. The van der Waals surface area contributed by atoms with Crippen molar-refractivity contribution in [1.82, 2.24) is 0 Å². The van der Waals surface area contributed by atoms with Gasteiger partial charge in [0.1, 0.15) is 0 Å². The Morgan fingerprint density at radius 2 is 1.33 bits per heavy atom. The van der Waals surface area contributed by atoms with Crippen LogP contribution in [0.1, 0.15) is 27.7 Å². The smallest absolute Gasteiger partial charge is 0.367 e. The molecule has 0 aromatic rings. The van der Waals surface area contributed by atoms with Gasteiger partial charge in [0.25, 0.3) is 10.1 Å². The summed E-state index contributed by atoms with van der Waals surface area (Å²) in [5.41, 5.74) is 0. The molecule has 138 valence electrons. The fourth-order valence-electron chi connectivity index (χ4n) is 0.935. The summed E-state index contributed by atoms with van der Waals surface area (Å²) in [7, 11) is 0. The van der Waals surface area contributed by atoms with Crippen LogP contribution in [0.5, 0.6) is 0 Å². The van der Waals surface area contributed by atoms with Gasteiger partial charge in [-0.3, -0.25) is 0 Å². The second-order valence-corrected chi connectivity index (χ2v) is 8.03. The summed E-state index contributed by atoms with van der Waals surface area (Å²) >= 11 is 22.1. The van der Waals surface area contributed by atoms with Gasteiger partial charge in [-0.15, -0.1) is 0 Å². The predicted molar refractivity (Wildman–Crippen MR) is 84.0 cm³/mol. The highest BCUT2D eigenvalue weighted by Crippen LogP contribution is 2.28. The van der Waals surface area contributed by atoms with Gasteiger partial charge >= 0.3 is 23.9 Å². The van der Waals surface area contributed by atoms with Gasteiger partial charge in [-0.25, -0.2) is 19.2 Å². The zero-order chi connectivity index (χ0) is 19.5. The van der Waals surface area contributed by atoms with Crippen molar-refractivity contribution in [2.24, 2.45) is 0 Å². The minimum atomic E-state index is -2.35. The number of hydrogen-bond donors (Lipinski definition) is 1. The van der Waals surface area contributed by atoms with E-state index in [9.17, 15) is 19.2 Å². The van der Waals surface area contributed by atoms with Crippen LogP contribution in [0.15, 0.2) is 0 Å². The molecule has 0 aromatic carbocycles. The Labute approximate surface area is 157 Å². The summed E-state index contributed by atoms with van der Waals surface area (Å²) in [5, 5.41) is 4.04. The number of esters is 3. The van der Waals surface area contributed by atoms with Gasteiger partial charge in [0.2, 0.25) is 4.33 Å². The average molecular weight is 428 g/mol. The second kappa shape index (κ2) is 7.95. The predicted octanol–water partition coefficient (Wildman–Crippen LogP) is 2.19. The lowest BCUT2D eigenvalue weighted by atomic mass is 10.3. The van der Waals surface area contributed by atoms with Crippen LogP contribution in [0, 0.1) is 0 Å². The molecule has 0 radical (unpaired) electrons. The zero-order valence-corrected chi connectivity index (χ0v) is 15.9. The fraction of sp³-hybridized carbons (Fsp3) is 0.667. The number of hydrogen-bond acceptors (Lipinski definition) is 7. The summed E-state index contributed by atoms with van der Waals surface area (Å²) in [5.74, 6) is -5.46.